The van der Waals surface area contributed by atoms with Gasteiger partial charge in [0, 0.05) is 50.7 Å². The van der Waals surface area contributed by atoms with Gasteiger partial charge in [-0.1, -0.05) is 0 Å². The average Bonchev–Trinajstić information content (AvgIpc) is 2.89. The van der Waals surface area contributed by atoms with Crippen LogP contribution in [0.4, 0.5) is 0 Å². The van der Waals surface area contributed by atoms with Crippen LogP contribution in [-0.2, 0) is 21.3 Å². The normalized spacial score (nSPS) is 24.9. The van der Waals surface area contributed by atoms with Crippen LogP contribution in [0.2, 0.25) is 0 Å². The maximum absolute atomic E-state index is 11.8. The second-order valence-electron chi connectivity index (χ2n) is 6.88. The molecule has 0 aliphatic carbocycles. The van der Waals surface area contributed by atoms with Gasteiger partial charge in [-0.25, -0.2) is 17.7 Å². The lowest BCUT2D eigenvalue weighted by atomic mass is 9.97. The van der Waals surface area contributed by atoms with E-state index in [0.29, 0.717) is 24.9 Å². The predicted octanol–water partition coefficient (Wildman–Crippen LogP) is 1.76. The SMILES string of the molecule is Cc1cnc(C2CCOCC2)n1CC1CCCN(S(C)(=O)=O)C1. The van der Waals surface area contributed by atoms with Gasteiger partial charge >= 0.3 is 0 Å². The molecular formula is C16H27N3O3S. The minimum absolute atomic E-state index is 0.366. The molecule has 0 saturated carbocycles. The van der Waals surface area contributed by atoms with Crippen LogP contribution in [0.25, 0.3) is 0 Å². The largest absolute Gasteiger partial charge is 0.381 e. The van der Waals surface area contributed by atoms with E-state index < -0.39 is 10.0 Å². The van der Waals surface area contributed by atoms with Gasteiger partial charge < -0.3 is 9.30 Å². The number of nitrogens with zero attached hydrogens (tertiary/aromatic N) is 3. The Balaban J connectivity index is 1.73. The highest BCUT2D eigenvalue weighted by atomic mass is 32.2. The van der Waals surface area contributed by atoms with Crippen molar-refractivity contribution in [3.05, 3.63) is 17.7 Å². The summed E-state index contributed by atoms with van der Waals surface area (Å²) < 4.78 is 33.0. The number of aryl methyl sites for hydroxylation is 1. The zero-order chi connectivity index (χ0) is 16.4. The first-order valence-electron chi connectivity index (χ1n) is 8.50. The fourth-order valence-electron chi connectivity index (χ4n) is 3.73. The smallest absolute Gasteiger partial charge is 0.211 e. The third-order valence-electron chi connectivity index (χ3n) is 5.06. The van der Waals surface area contributed by atoms with Gasteiger partial charge in [0.1, 0.15) is 5.82 Å². The number of imidazole rings is 1. The summed E-state index contributed by atoms with van der Waals surface area (Å²) in [4.78, 5) is 4.65. The van der Waals surface area contributed by atoms with Crippen molar-refractivity contribution < 1.29 is 13.2 Å². The van der Waals surface area contributed by atoms with Crippen molar-refractivity contribution in [2.75, 3.05) is 32.6 Å². The van der Waals surface area contributed by atoms with Crippen molar-refractivity contribution >= 4 is 10.0 Å². The van der Waals surface area contributed by atoms with Gasteiger partial charge in [-0.15, -0.1) is 0 Å². The molecule has 1 unspecified atom stereocenters. The zero-order valence-corrected chi connectivity index (χ0v) is 14.9. The van der Waals surface area contributed by atoms with E-state index in [1.54, 1.807) is 4.31 Å². The maximum atomic E-state index is 11.8. The van der Waals surface area contributed by atoms with E-state index in [1.165, 1.54) is 11.9 Å². The number of hydrogen-bond donors (Lipinski definition) is 0. The van der Waals surface area contributed by atoms with E-state index in [1.807, 2.05) is 6.20 Å². The Kier molecular flexibility index (Phi) is 5.08. The molecule has 0 bridgehead atoms. The fraction of sp³-hybridized carbons (Fsp3) is 0.812. The van der Waals surface area contributed by atoms with Crippen molar-refractivity contribution in [1.29, 1.82) is 0 Å². The molecule has 6 nitrogen and oxygen atoms in total. The summed E-state index contributed by atoms with van der Waals surface area (Å²) in [6.07, 6.45) is 7.33. The lowest BCUT2D eigenvalue weighted by Gasteiger charge is -2.32. The molecular weight excluding hydrogens is 314 g/mol. The van der Waals surface area contributed by atoms with Crippen LogP contribution in [0.1, 0.15) is 43.1 Å². The Labute approximate surface area is 138 Å². The highest BCUT2D eigenvalue weighted by Gasteiger charge is 2.28. The van der Waals surface area contributed by atoms with Crippen LogP contribution in [0.15, 0.2) is 6.20 Å². The molecule has 2 fully saturated rings. The number of hydrogen-bond acceptors (Lipinski definition) is 4. The molecule has 130 valence electrons. The number of rotatable bonds is 4. The summed E-state index contributed by atoms with van der Waals surface area (Å²) in [6, 6.07) is 0. The molecule has 0 N–H and O–H groups in total. The van der Waals surface area contributed by atoms with Crippen molar-refractivity contribution in [2.24, 2.45) is 5.92 Å². The van der Waals surface area contributed by atoms with Gasteiger partial charge in [-0.2, -0.15) is 0 Å². The van der Waals surface area contributed by atoms with Gasteiger partial charge in [0.15, 0.2) is 0 Å². The summed E-state index contributed by atoms with van der Waals surface area (Å²) in [6.45, 7) is 5.86. The molecule has 2 saturated heterocycles. The highest BCUT2D eigenvalue weighted by Crippen LogP contribution is 2.28. The second-order valence-corrected chi connectivity index (χ2v) is 8.87. The summed E-state index contributed by atoms with van der Waals surface area (Å²) >= 11 is 0. The number of sulfonamides is 1. The van der Waals surface area contributed by atoms with Crippen LogP contribution in [-0.4, -0.2) is 54.8 Å². The van der Waals surface area contributed by atoms with Crippen molar-refractivity contribution in [1.82, 2.24) is 13.9 Å². The summed E-state index contributed by atoms with van der Waals surface area (Å²) in [5.41, 5.74) is 1.17. The zero-order valence-electron chi connectivity index (χ0n) is 14.1. The number of piperidine rings is 1. The Bertz CT molecular complexity index is 635. The van der Waals surface area contributed by atoms with Gasteiger partial charge in [0.05, 0.1) is 6.26 Å². The van der Waals surface area contributed by atoms with Gasteiger partial charge in [0.25, 0.3) is 0 Å². The Morgan fingerprint density at radius 3 is 2.74 bits per heavy atom. The Morgan fingerprint density at radius 1 is 1.30 bits per heavy atom. The van der Waals surface area contributed by atoms with E-state index in [-0.39, 0.29) is 0 Å². The van der Waals surface area contributed by atoms with E-state index >= 15 is 0 Å². The third-order valence-corrected chi connectivity index (χ3v) is 6.33. The van der Waals surface area contributed by atoms with E-state index in [4.69, 9.17) is 4.74 Å². The Hall–Kier alpha value is -0.920. The monoisotopic (exact) mass is 341 g/mol. The molecule has 0 aromatic carbocycles. The molecule has 23 heavy (non-hydrogen) atoms. The first-order valence-corrected chi connectivity index (χ1v) is 10.3. The molecule has 2 aliphatic rings. The standard InChI is InChI=1S/C16H27N3O3S/c1-13-10-17-16(15-5-8-22-9-6-15)19(13)12-14-4-3-7-18(11-14)23(2,20)21/h10,14-15H,3-9,11-12H2,1-2H3. The lowest BCUT2D eigenvalue weighted by Crippen LogP contribution is -2.40. The maximum Gasteiger partial charge on any atom is 0.211 e. The molecule has 2 aliphatic heterocycles. The summed E-state index contributed by atoms with van der Waals surface area (Å²) in [5.74, 6) is 1.99. The summed E-state index contributed by atoms with van der Waals surface area (Å²) in [7, 11) is -3.09. The molecule has 3 rings (SSSR count). The van der Waals surface area contributed by atoms with Crippen LogP contribution in [0.3, 0.4) is 0 Å². The molecule has 1 aromatic rings. The molecule has 7 heteroatoms. The average molecular weight is 341 g/mol. The third kappa shape index (κ3) is 3.95. The predicted molar refractivity (Wildman–Crippen MR) is 88.9 cm³/mol. The Morgan fingerprint density at radius 2 is 2.04 bits per heavy atom. The molecule has 3 heterocycles. The molecule has 1 atom stereocenters. The topological polar surface area (TPSA) is 64.4 Å². The van der Waals surface area contributed by atoms with E-state index in [0.717, 1.165) is 51.3 Å². The van der Waals surface area contributed by atoms with Crippen LogP contribution in [0, 0.1) is 12.8 Å². The quantitative estimate of drug-likeness (QED) is 0.837. The molecule has 0 radical (unpaired) electrons. The molecule has 0 spiro atoms. The summed E-state index contributed by atoms with van der Waals surface area (Å²) in [5, 5.41) is 0. The first-order chi connectivity index (χ1) is 10.9. The minimum Gasteiger partial charge on any atom is -0.381 e. The fourth-order valence-corrected chi connectivity index (χ4v) is 4.68. The van der Waals surface area contributed by atoms with Crippen molar-refractivity contribution in [3.8, 4) is 0 Å². The van der Waals surface area contributed by atoms with Crippen LogP contribution >= 0.6 is 0 Å². The minimum atomic E-state index is -3.09. The van der Waals surface area contributed by atoms with E-state index in [9.17, 15) is 8.42 Å². The van der Waals surface area contributed by atoms with E-state index in [2.05, 4.69) is 16.5 Å². The van der Waals surface area contributed by atoms with Gasteiger partial charge in [-0.3, -0.25) is 0 Å². The van der Waals surface area contributed by atoms with Crippen molar-refractivity contribution in [2.45, 2.75) is 45.1 Å². The first kappa shape index (κ1) is 16.9. The van der Waals surface area contributed by atoms with Gasteiger partial charge in [0.2, 0.25) is 10.0 Å². The number of ether oxygens (including phenoxy) is 1. The van der Waals surface area contributed by atoms with Gasteiger partial charge in [-0.05, 0) is 38.5 Å². The molecule has 1 aromatic heterocycles. The second kappa shape index (κ2) is 6.91. The van der Waals surface area contributed by atoms with Crippen molar-refractivity contribution in [3.63, 3.8) is 0 Å². The molecule has 0 amide bonds. The van der Waals surface area contributed by atoms with Crippen LogP contribution < -0.4 is 0 Å². The lowest BCUT2D eigenvalue weighted by molar-refractivity contribution is 0.0824. The van der Waals surface area contributed by atoms with Crippen LogP contribution in [0.5, 0.6) is 0 Å². The highest BCUT2D eigenvalue weighted by molar-refractivity contribution is 7.88. The number of aromatic nitrogens is 2.